The lowest BCUT2D eigenvalue weighted by Crippen LogP contribution is -2.57. The smallest absolute Gasteiger partial charge is 0.0633 e. The van der Waals surface area contributed by atoms with E-state index in [1.54, 1.807) is 0 Å². The van der Waals surface area contributed by atoms with Crippen LogP contribution in [0.2, 0.25) is 5.02 Å². The lowest BCUT2D eigenvalue weighted by atomic mass is 9.48. The van der Waals surface area contributed by atoms with Crippen LogP contribution in [0.4, 0.5) is 0 Å². The van der Waals surface area contributed by atoms with Crippen LogP contribution < -0.4 is 0 Å². The van der Waals surface area contributed by atoms with Crippen LogP contribution in [0.15, 0.2) is 24.3 Å². The lowest BCUT2D eigenvalue weighted by Gasteiger charge is -2.58. The van der Waals surface area contributed by atoms with E-state index in [2.05, 4.69) is 32.9 Å². The maximum absolute atomic E-state index is 10.3. The number of rotatable bonds is 3. The molecule has 2 heteroatoms. The first-order valence-electron chi connectivity index (χ1n) is 6.50. The normalized spacial score (nSPS) is 31.0. The Balaban J connectivity index is 2.34. The highest BCUT2D eigenvalue weighted by Gasteiger charge is 2.57. The van der Waals surface area contributed by atoms with Crippen LogP contribution in [0, 0.1) is 11.3 Å². The molecule has 1 aliphatic rings. The molecule has 1 aromatic rings. The van der Waals surface area contributed by atoms with Gasteiger partial charge in [-0.3, -0.25) is 0 Å². The van der Waals surface area contributed by atoms with Crippen molar-refractivity contribution < 1.29 is 5.11 Å². The summed E-state index contributed by atoms with van der Waals surface area (Å²) in [5.74, 6) is 0.806. The van der Waals surface area contributed by atoms with Gasteiger partial charge in [-0.2, -0.15) is 0 Å². The summed E-state index contributed by atoms with van der Waals surface area (Å²) >= 11 is 5.93. The van der Waals surface area contributed by atoms with E-state index in [0.29, 0.717) is 11.8 Å². The molecule has 1 N–H and O–H groups in total. The van der Waals surface area contributed by atoms with Crippen molar-refractivity contribution in [1.29, 1.82) is 0 Å². The number of hydrogen-bond donors (Lipinski definition) is 1. The molecule has 1 saturated carbocycles. The molecule has 3 unspecified atom stereocenters. The quantitative estimate of drug-likeness (QED) is 0.853. The van der Waals surface area contributed by atoms with Crippen LogP contribution >= 0.6 is 11.6 Å². The van der Waals surface area contributed by atoms with E-state index in [1.807, 2.05) is 12.1 Å². The SMILES string of the molecule is CCC1(CC)C(O)C(C)C1c1ccc(Cl)cc1. The molecule has 0 spiro atoms. The standard InChI is InChI=1S/C15H21ClO/c1-4-15(5-2)13(10(3)14(15)17)11-6-8-12(16)9-7-11/h6-10,13-14,17H,4-5H2,1-3H3. The molecule has 1 fully saturated rings. The molecule has 0 saturated heterocycles. The highest BCUT2D eigenvalue weighted by molar-refractivity contribution is 6.30. The van der Waals surface area contributed by atoms with Gasteiger partial charge in [-0.1, -0.05) is 44.5 Å². The highest BCUT2D eigenvalue weighted by atomic mass is 35.5. The summed E-state index contributed by atoms with van der Waals surface area (Å²) in [6.45, 7) is 6.51. The van der Waals surface area contributed by atoms with Gasteiger partial charge < -0.3 is 5.11 Å². The molecule has 0 radical (unpaired) electrons. The monoisotopic (exact) mass is 252 g/mol. The van der Waals surface area contributed by atoms with Gasteiger partial charge in [0.2, 0.25) is 0 Å². The van der Waals surface area contributed by atoms with Gasteiger partial charge in [-0.15, -0.1) is 0 Å². The van der Waals surface area contributed by atoms with Crippen LogP contribution in [0.5, 0.6) is 0 Å². The fraction of sp³-hybridized carbons (Fsp3) is 0.600. The molecule has 0 aromatic heterocycles. The molecular formula is C15H21ClO. The van der Waals surface area contributed by atoms with Crippen molar-refractivity contribution in [3.8, 4) is 0 Å². The minimum absolute atomic E-state index is 0.0627. The van der Waals surface area contributed by atoms with Gasteiger partial charge in [0.1, 0.15) is 0 Å². The van der Waals surface area contributed by atoms with Crippen molar-refractivity contribution in [1.82, 2.24) is 0 Å². The van der Waals surface area contributed by atoms with E-state index in [4.69, 9.17) is 11.6 Å². The summed E-state index contributed by atoms with van der Waals surface area (Å²) in [6.07, 6.45) is 1.89. The number of benzene rings is 1. The first-order chi connectivity index (χ1) is 8.06. The van der Waals surface area contributed by atoms with E-state index in [0.717, 1.165) is 17.9 Å². The Labute approximate surface area is 109 Å². The maximum Gasteiger partial charge on any atom is 0.0633 e. The second-order valence-corrected chi connectivity index (χ2v) is 5.71. The van der Waals surface area contributed by atoms with Gasteiger partial charge in [0.15, 0.2) is 0 Å². The van der Waals surface area contributed by atoms with E-state index in [-0.39, 0.29) is 11.5 Å². The fourth-order valence-electron chi connectivity index (χ4n) is 3.71. The first kappa shape index (κ1) is 12.9. The van der Waals surface area contributed by atoms with Gasteiger partial charge in [0.05, 0.1) is 6.10 Å². The zero-order valence-electron chi connectivity index (χ0n) is 10.8. The largest absolute Gasteiger partial charge is 0.392 e. The number of aliphatic hydroxyl groups excluding tert-OH is 1. The van der Waals surface area contributed by atoms with Crippen molar-refractivity contribution in [2.75, 3.05) is 0 Å². The Hall–Kier alpha value is -0.530. The Morgan fingerprint density at radius 3 is 2.18 bits per heavy atom. The minimum Gasteiger partial charge on any atom is -0.392 e. The summed E-state index contributed by atoms with van der Waals surface area (Å²) in [5.41, 5.74) is 1.38. The van der Waals surface area contributed by atoms with E-state index < -0.39 is 0 Å². The number of halogens is 1. The molecular weight excluding hydrogens is 232 g/mol. The molecule has 1 aromatic carbocycles. The Morgan fingerprint density at radius 2 is 1.71 bits per heavy atom. The van der Waals surface area contributed by atoms with E-state index in [1.165, 1.54) is 5.56 Å². The molecule has 0 aliphatic heterocycles. The van der Waals surface area contributed by atoms with Crippen molar-refractivity contribution in [3.63, 3.8) is 0 Å². The third kappa shape index (κ3) is 1.80. The van der Waals surface area contributed by atoms with Gasteiger partial charge >= 0.3 is 0 Å². The average molecular weight is 253 g/mol. The van der Waals surface area contributed by atoms with Gasteiger partial charge in [0.25, 0.3) is 0 Å². The van der Waals surface area contributed by atoms with Gasteiger partial charge in [0, 0.05) is 10.4 Å². The molecule has 2 rings (SSSR count). The Morgan fingerprint density at radius 1 is 1.18 bits per heavy atom. The molecule has 94 valence electrons. The second kappa shape index (κ2) is 4.62. The maximum atomic E-state index is 10.3. The third-order valence-electron chi connectivity index (χ3n) is 4.78. The Kier molecular flexibility index (Phi) is 3.51. The predicted octanol–water partition coefficient (Wildman–Crippen LogP) is 4.24. The number of aliphatic hydroxyl groups is 1. The predicted molar refractivity (Wildman–Crippen MR) is 72.4 cm³/mol. The molecule has 3 atom stereocenters. The first-order valence-corrected chi connectivity index (χ1v) is 6.88. The molecule has 0 amide bonds. The van der Waals surface area contributed by atoms with Crippen LogP contribution in [0.3, 0.4) is 0 Å². The molecule has 1 nitrogen and oxygen atoms in total. The van der Waals surface area contributed by atoms with Crippen molar-refractivity contribution in [2.45, 2.75) is 45.6 Å². The molecule has 1 aliphatic carbocycles. The summed E-state index contributed by atoms with van der Waals surface area (Å²) in [5, 5.41) is 11.1. The Bertz CT molecular complexity index is 380. The summed E-state index contributed by atoms with van der Waals surface area (Å²) < 4.78 is 0. The molecule has 17 heavy (non-hydrogen) atoms. The molecule has 0 heterocycles. The van der Waals surface area contributed by atoms with Crippen LogP contribution in [-0.4, -0.2) is 11.2 Å². The molecule has 0 bridgehead atoms. The van der Waals surface area contributed by atoms with Crippen molar-refractivity contribution >= 4 is 11.6 Å². The average Bonchev–Trinajstić information content (AvgIpc) is 2.36. The van der Waals surface area contributed by atoms with Crippen molar-refractivity contribution in [2.24, 2.45) is 11.3 Å². The van der Waals surface area contributed by atoms with Crippen LogP contribution in [0.25, 0.3) is 0 Å². The van der Waals surface area contributed by atoms with Crippen LogP contribution in [0.1, 0.15) is 45.1 Å². The summed E-state index contributed by atoms with van der Waals surface area (Å²) in [6, 6.07) is 8.11. The fourth-order valence-corrected chi connectivity index (χ4v) is 3.83. The van der Waals surface area contributed by atoms with Gasteiger partial charge in [-0.25, -0.2) is 0 Å². The van der Waals surface area contributed by atoms with E-state index >= 15 is 0 Å². The lowest BCUT2D eigenvalue weighted by molar-refractivity contribution is -0.142. The van der Waals surface area contributed by atoms with Gasteiger partial charge in [-0.05, 0) is 42.4 Å². The zero-order valence-corrected chi connectivity index (χ0v) is 11.5. The summed E-state index contributed by atoms with van der Waals surface area (Å²) in [7, 11) is 0. The topological polar surface area (TPSA) is 20.2 Å². The minimum atomic E-state index is -0.168. The zero-order chi connectivity index (χ0) is 12.6. The second-order valence-electron chi connectivity index (χ2n) is 5.27. The van der Waals surface area contributed by atoms with Crippen molar-refractivity contribution in [3.05, 3.63) is 34.9 Å². The third-order valence-corrected chi connectivity index (χ3v) is 5.03. The highest BCUT2D eigenvalue weighted by Crippen LogP contribution is 2.60. The number of hydrogen-bond acceptors (Lipinski definition) is 1. The van der Waals surface area contributed by atoms with E-state index in [9.17, 15) is 5.11 Å². The summed E-state index contributed by atoms with van der Waals surface area (Å²) in [4.78, 5) is 0. The van der Waals surface area contributed by atoms with Crippen LogP contribution in [-0.2, 0) is 0 Å².